The number of anilines is 2. The minimum absolute atomic E-state index is 0.0316. The number of hydrogen-bond acceptors (Lipinski definition) is 7. The summed E-state index contributed by atoms with van der Waals surface area (Å²) in [6.45, 7) is 1.02. The van der Waals surface area contributed by atoms with Gasteiger partial charge in [0.25, 0.3) is 0 Å². The lowest BCUT2D eigenvalue weighted by Crippen LogP contribution is -2.40. The average Bonchev–Trinajstić information content (AvgIpc) is 3.34. The second-order valence-electron chi connectivity index (χ2n) is 7.97. The number of piperidine rings is 1. The highest BCUT2D eigenvalue weighted by Crippen LogP contribution is 2.46. The molecule has 2 aliphatic rings. The number of hydrogen-bond donors (Lipinski definition) is 6. The monoisotopic (exact) mass is 395 g/mol. The maximum atomic E-state index is 10.4. The van der Waals surface area contributed by atoms with Crippen LogP contribution in [-0.4, -0.2) is 21.8 Å². The number of phenols is 1. The van der Waals surface area contributed by atoms with Crippen LogP contribution >= 0.6 is 0 Å². The smallest absolute Gasteiger partial charge is 0.127 e. The minimum atomic E-state index is 0.0316. The van der Waals surface area contributed by atoms with Crippen LogP contribution in [0, 0.1) is 0 Å². The van der Waals surface area contributed by atoms with Gasteiger partial charge in [-0.25, -0.2) is 5.84 Å². The van der Waals surface area contributed by atoms with Crippen LogP contribution in [0.3, 0.4) is 0 Å². The Morgan fingerprint density at radius 1 is 1.31 bits per heavy atom. The van der Waals surface area contributed by atoms with Gasteiger partial charge in [-0.2, -0.15) is 0 Å². The van der Waals surface area contributed by atoms with Crippen LogP contribution in [0.5, 0.6) is 5.75 Å². The Balaban J connectivity index is 1.56. The van der Waals surface area contributed by atoms with E-state index in [1.165, 1.54) is 36.3 Å². The van der Waals surface area contributed by atoms with Crippen LogP contribution in [-0.2, 0) is 0 Å². The van der Waals surface area contributed by atoms with E-state index >= 15 is 0 Å². The van der Waals surface area contributed by atoms with Gasteiger partial charge in [0.05, 0.1) is 5.69 Å². The molecule has 4 rings (SSSR count). The Hall–Kier alpha value is -3.10. The molecule has 2 heterocycles. The molecule has 2 aromatic rings. The molecule has 0 unspecified atom stereocenters. The van der Waals surface area contributed by atoms with Gasteiger partial charge in [-0.1, -0.05) is 0 Å². The zero-order chi connectivity index (χ0) is 20.6. The number of nitrogen functional groups attached to an aromatic ring is 1. The minimum Gasteiger partial charge on any atom is -0.507 e. The van der Waals surface area contributed by atoms with E-state index in [2.05, 4.69) is 9.88 Å². The lowest BCUT2D eigenvalue weighted by atomic mass is 9.97. The number of aromatic hydroxyl groups is 1. The Labute approximate surface area is 170 Å². The largest absolute Gasteiger partial charge is 0.507 e. The third-order valence-corrected chi connectivity index (χ3v) is 5.99. The predicted octanol–water partition coefficient (Wildman–Crippen LogP) is 1.80. The van der Waals surface area contributed by atoms with E-state index < -0.39 is 0 Å². The van der Waals surface area contributed by atoms with Gasteiger partial charge in [0, 0.05) is 53.1 Å². The number of hydrazine groups is 1. The molecule has 0 radical (unpaired) electrons. The number of nitrogens with two attached hydrogens (primary N) is 4. The number of nitrogens with zero attached hydrogens (tertiary/aromatic N) is 2. The number of benzene rings is 1. The number of rotatable bonds is 5. The molecule has 1 aromatic carbocycles. The zero-order valence-corrected chi connectivity index (χ0v) is 16.4. The normalized spacial score (nSPS) is 21.0. The van der Waals surface area contributed by atoms with Crippen LogP contribution in [0.4, 0.5) is 11.5 Å². The summed E-state index contributed by atoms with van der Waals surface area (Å²) in [7, 11) is 0. The number of phenolic OH excluding ortho intramolecular Hbond substituents is 1. The first-order chi connectivity index (χ1) is 13.9. The SMILES string of the molecule is N/C=C\N(N)c1ccc(/C(N)=C/c2ccn([C@H]3CCNC4(CC4)C3)c2N)c(O)c1. The second-order valence-corrected chi connectivity index (χ2v) is 7.97. The van der Waals surface area contributed by atoms with Gasteiger partial charge in [-0.15, -0.1) is 0 Å². The van der Waals surface area contributed by atoms with Crippen LogP contribution < -0.4 is 33.4 Å². The summed E-state index contributed by atoms with van der Waals surface area (Å²) in [6, 6.07) is 7.39. The molecule has 154 valence electrons. The first-order valence-corrected chi connectivity index (χ1v) is 9.87. The molecular formula is C21H29N7O. The van der Waals surface area contributed by atoms with E-state index in [1.54, 1.807) is 18.2 Å². The molecule has 1 aromatic heterocycles. The van der Waals surface area contributed by atoms with Crippen molar-refractivity contribution in [2.24, 2.45) is 17.3 Å². The van der Waals surface area contributed by atoms with Crippen molar-refractivity contribution >= 4 is 23.3 Å². The average molecular weight is 396 g/mol. The molecule has 1 aliphatic heterocycles. The van der Waals surface area contributed by atoms with Gasteiger partial charge >= 0.3 is 0 Å². The third-order valence-electron chi connectivity index (χ3n) is 5.99. The Morgan fingerprint density at radius 3 is 2.79 bits per heavy atom. The number of nitrogens with one attached hydrogen (secondary N) is 1. The van der Waals surface area contributed by atoms with Gasteiger partial charge < -0.3 is 32.2 Å². The highest BCUT2D eigenvalue weighted by molar-refractivity contribution is 5.85. The Kier molecular flexibility index (Phi) is 4.89. The van der Waals surface area contributed by atoms with Crippen molar-refractivity contribution in [1.29, 1.82) is 0 Å². The van der Waals surface area contributed by atoms with Gasteiger partial charge in [0.15, 0.2) is 0 Å². The van der Waals surface area contributed by atoms with E-state index in [1.807, 2.05) is 12.3 Å². The highest BCUT2D eigenvalue weighted by atomic mass is 16.3. The van der Waals surface area contributed by atoms with E-state index in [-0.39, 0.29) is 5.75 Å². The van der Waals surface area contributed by atoms with E-state index in [4.69, 9.17) is 23.0 Å². The molecule has 1 spiro atoms. The molecule has 1 saturated carbocycles. The topological polar surface area (TPSA) is 145 Å². The van der Waals surface area contributed by atoms with Crippen molar-refractivity contribution in [2.75, 3.05) is 17.3 Å². The van der Waals surface area contributed by atoms with Crippen molar-refractivity contribution in [2.45, 2.75) is 37.3 Å². The van der Waals surface area contributed by atoms with Crippen molar-refractivity contribution in [3.63, 3.8) is 0 Å². The molecule has 8 heteroatoms. The van der Waals surface area contributed by atoms with E-state index in [0.29, 0.717) is 34.3 Å². The first-order valence-electron chi connectivity index (χ1n) is 9.87. The summed E-state index contributed by atoms with van der Waals surface area (Å²) in [5, 5.41) is 15.3. The van der Waals surface area contributed by atoms with E-state index in [9.17, 15) is 5.11 Å². The standard InChI is InChI=1S/C21H29N7O/c22-7-10-28(25)15-1-2-17(19(29)12-15)18(23)11-14-4-9-27(20(14)24)16-3-8-26-21(13-16)5-6-21/h1-2,4,7,9-12,16,26,29H,3,5-6,8,13,22-25H2/b10-7-,18-11-/t16-/m0/s1. The Morgan fingerprint density at radius 2 is 2.10 bits per heavy atom. The molecule has 8 nitrogen and oxygen atoms in total. The van der Waals surface area contributed by atoms with Crippen LogP contribution in [0.2, 0.25) is 0 Å². The molecule has 29 heavy (non-hydrogen) atoms. The molecule has 10 N–H and O–H groups in total. The van der Waals surface area contributed by atoms with Crippen LogP contribution in [0.1, 0.15) is 42.9 Å². The van der Waals surface area contributed by atoms with Gasteiger partial charge in [-0.3, -0.25) is 5.01 Å². The van der Waals surface area contributed by atoms with Crippen molar-refractivity contribution in [1.82, 2.24) is 9.88 Å². The fraction of sp³-hybridized carbons (Fsp3) is 0.333. The summed E-state index contributed by atoms with van der Waals surface area (Å²) < 4.78 is 2.16. The predicted molar refractivity (Wildman–Crippen MR) is 117 cm³/mol. The molecule has 0 amide bonds. The van der Waals surface area contributed by atoms with Crippen molar-refractivity contribution in [3.05, 3.63) is 54.0 Å². The lowest BCUT2D eigenvalue weighted by Gasteiger charge is -2.32. The van der Waals surface area contributed by atoms with Crippen molar-refractivity contribution < 1.29 is 5.11 Å². The molecule has 2 fully saturated rings. The second kappa shape index (κ2) is 7.38. The molecule has 0 bridgehead atoms. The third kappa shape index (κ3) is 3.76. The molecule has 1 atom stereocenters. The highest BCUT2D eigenvalue weighted by Gasteiger charge is 2.46. The lowest BCUT2D eigenvalue weighted by molar-refractivity contribution is 0.289. The Bertz CT molecular complexity index is 958. The van der Waals surface area contributed by atoms with Gasteiger partial charge in [-0.05, 0) is 56.5 Å². The summed E-state index contributed by atoms with van der Waals surface area (Å²) in [4.78, 5) is 0. The zero-order valence-electron chi connectivity index (χ0n) is 16.4. The summed E-state index contributed by atoms with van der Waals surface area (Å²) in [5.74, 6) is 6.56. The fourth-order valence-corrected chi connectivity index (χ4v) is 4.16. The fourth-order valence-electron chi connectivity index (χ4n) is 4.16. The molecule has 1 aliphatic carbocycles. The molecular weight excluding hydrogens is 366 g/mol. The van der Waals surface area contributed by atoms with Crippen molar-refractivity contribution in [3.8, 4) is 5.75 Å². The van der Waals surface area contributed by atoms with Gasteiger partial charge in [0.2, 0.25) is 0 Å². The van der Waals surface area contributed by atoms with Crippen LogP contribution in [0.15, 0.2) is 42.9 Å². The quantitative estimate of drug-likeness (QED) is 0.334. The maximum absolute atomic E-state index is 10.4. The summed E-state index contributed by atoms with van der Waals surface area (Å²) in [6.07, 6.45) is 11.3. The first kappa shape index (κ1) is 19.2. The maximum Gasteiger partial charge on any atom is 0.127 e. The van der Waals surface area contributed by atoms with Crippen LogP contribution in [0.25, 0.3) is 11.8 Å². The number of aromatic nitrogens is 1. The van der Waals surface area contributed by atoms with E-state index in [0.717, 1.165) is 24.9 Å². The molecule has 1 saturated heterocycles. The summed E-state index contributed by atoms with van der Waals surface area (Å²) >= 11 is 0. The summed E-state index contributed by atoms with van der Waals surface area (Å²) in [5.41, 5.74) is 20.8. The van der Waals surface area contributed by atoms with Gasteiger partial charge in [0.1, 0.15) is 11.6 Å².